The molecule has 0 saturated heterocycles. The number of nitrogens with zero attached hydrogens (tertiary/aromatic N) is 2. The van der Waals surface area contributed by atoms with Crippen LogP contribution in [0.2, 0.25) is 0 Å². The number of rotatable bonds is 6. The van der Waals surface area contributed by atoms with Crippen LogP contribution in [0.5, 0.6) is 0 Å². The van der Waals surface area contributed by atoms with Crippen molar-refractivity contribution in [2.24, 2.45) is 0 Å². The molecule has 10 nitrogen and oxygen atoms in total. The molecule has 0 spiro atoms. The fourth-order valence-corrected chi connectivity index (χ4v) is 4.93. The Morgan fingerprint density at radius 3 is 2.67 bits per heavy atom. The molecule has 3 heterocycles. The van der Waals surface area contributed by atoms with Crippen LogP contribution in [0.3, 0.4) is 0 Å². The lowest BCUT2D eigenvalue weighted by atomic mass is 10.1. The predicted octanol–water partition coefficient (Wildman–Crippen LogP) is 5.29. The molecule has 188 valence electrons. The molecule has 3 aromatic heterocycles. The number of carbonyl (C=O) groups is 3. The van der Waals surface area contributed by atoms with Crippen molar-refractivity contribution in [3.8, 4) is 10.6 Å². The van der Waals surface area contributed by atoms with Gasteiger partial charge in [0.1, 0.15) is 11.2 Å². The van der Waals surface area contributed by atoms with Gasteiger partial charge < -0.3 is 9.15 Å². The Bertz CT molecular complexity index is 1430. The second kappa shape index (κ2) is 10.1. The van der Waals surface area contributed by atoms with E-state index in [1.54, 1.807) is 63.6 Å². The highest BCUT2D eigenvalue weighted by molar-refractivity contribution is 7.17. The molecule has 12 heteroatoms. The van der Waals surface area contributed by atoms with Gasteiger partial charge in [0.25, 0.3) is 5.91 Å². The number of anilines is 2. The van der Waals surface area contributed by atoms with Gasteiger partial charge in [0.2, 0.25) is 11.8 Å². The topological polar surface area (TPSA) is 134 Å². The molecule has 0 saturated carbocycles. The number of aromatic nitrogens is 1. The summed E-state index contributed by atoms with van der Waals surface area (Å²) < 4.78 is 11.1. The number of thiophene rings is 1. The van der Waals surface area contributed by atoms with Crippen LogP contribution in [-0.2, 0) is 16.0 Å². The second-order valence-corrected chi connectivity index (χ2v) is 10.9. The summed E-state index contributed by atoms with van der Waals surface area (Å²) in [6.45, 7) is 5.35. The molecule has 0 aliphatic rings. The van der Waals surface area contributed by atoms with Gasteiger partial charge in [-0.3, -0.25) is 25.0 Å². The standard InChI is InChI=1S/C24H24N4O6S2/c1-24(2,3)34-23(31)28(4)20-10-14-9-13(5-7-17(14)33-20)21(30)26-22-25-16(12-35-22)18-8-6-15(36-18)11-19(29)27-32/h5-10,12,32H,11H2,1-4H3,(H,27,29)(H,25,26,30). The van der Waals surface area contributed by atoms with Gasteiger partial charge in [0, 0.05) is 34.3 Å². The summed E-state index contributed by atoms with van der Waals surface area (Å²) in [6, 6.07) is 10.3. The van der Waals surface area contributed by atoms with E-state index in [9.17, 15) is 14.4 Å². The van der Waals surface area contributed by atoms with Crippen LogP contribution >= 0.6 is 22.7 Å². The number of hydroxylamine groups is 1. The molecular weight excluding hydrogens is 504 g/mol. The van der Waals surface area contributed by atoms with Gasteiger partial charge in [0.05, 0.1) is 17.0 Å². The SMILES string of the molecule is CN(C(=O)OC(C)(C)C)c1cc2cc(C(=O)Nc3nc(-c4ccc(CC(=O)NO)s4)cs3)ccc2o1. The summed E-state index contributed by atoms with van der Waals surface area (Å²) in [5, 5.41) is 14.4. The third kappa shape index (κ3) is 5.90. The third-order valence-electron chi connectivity index (χ3n) is 4.86. The number of ether oxygens (including phenoxy) is 1. The third-order valence-corrected chi connectivity index (χ3v) is 6.73. The van der Waals surface area contributed by atoms with Gasteiger partial charge in [-0.15, -0.1) is 22.7 Å². The number of carbonyl (C=O) groups excluding carboxylic acids is 3. The molecule has 4 aromatic rings. The van der Waals surface area contributed by atoms with Crippen molar-refractivity contribution in [3.05, 3.63) is 52.2 Å². The maximum absolute atomic E-state index is 12.8. The molecule has 3 amide bonds. The Hall–Kier alpha value is -3.74. The average molecular weight is 529 g/mol. The van der Waals surface area contributed by atoms with Crippen molar-refractivity contribution >= 4 is 62.6 Å². The molecular formula is C24H24N4O6S2. The Morgan fingerprint density at radius 2 is 1.94 bits per heavy atom. The first-order valence-electron chi connectivity index (χ1n) is 10.8. The van der Waals surface area contributed by atoms with Crippen molar-refractivity contribution in [1.82, 2.24) is 10.5 Å². The zero-order valence-electron chi connectivity index (χ0n) is 19.9. The number of amides is 3. The van der Waals surface area contributed by atoms with E-state index in [1.807, 2.05) is 11.4 Å². The molecule has 0 aliphatic heterocycles. The van der Waals surface area contributed by atoms with Gasteiger partial charge in [0.15, 0.2) is 5.13 Å². The number of furan rings is 1. The van der Waals surface area contributed by atoms with Crippen molar-refractivity contribution in [2.75, 3.05) is 17.3 Å². The fourth-order valence-electron chi connectivity index (χ4n) is 3.18. The molecule has 4 rings (SSSR count). The predicted molar refractivity (Wildman–Crippen MR) is 138 cm³/mol. The summed E-state index contributed by atoms with van der Waals surface area (Å²) >= 11 is 2.66. The number of hydrogen-bond acceptors (Lipinski definition) is 9. The number of hydrogen-bond donors (Lipinski definition) is 3. The van der Waals surface area contributed by atoms with E-state index in [1.165, 1.54) is 27.6 Å². The normalized spacial score (nSPS) is 11.4. The van der Waals surface area contributed by atoms with Crippen LogP contribution in [-0.4, -0.2) is 40.7 Å². The number of fused-ring (bicyclic) bond motifs is 1. The van der Waals surface area contributed by atoms with E-state index in [2.05, 4.69) is 10.3 Å². The van der Waals surface area contributed by atoms with Crippen LogP contribution < -0.4 is 15.7 Å². The monoisotopic (exact) mass is 528 g/mol. The van der Waals surface area contributed by atoms with Gasteiger partial charge in [-0.05, 0) is 51.1 Å². The van der Waals surface area contributed by atoms with Crippen LogP contribution in [0.25, 0.3) is 21.5 Å². The zero-order chi connectivity index (χ0) is 26.0. The molecule has 0 bridgehead atoms. The minimum atomic E-state index is -0.638. The molecule has 1 aromatic carbocycles. The Balaban J connectivity index is 1.45. The van der Waals surface area contributed by atoms with Gasteiger partial charge in [-0.25, -0.2) is 15.3 Å². The zero-order valence-corrected chi connectivity index (χ0v) is 21.6. The molecule has 0 unspecified atom stereocenters. The van der Waals surface area contributed by atoms with Crippen molar-refractivity contribution in [1.29, 1.82) is 0 Å². The molecule has 0 aliphatic carbocycles. The molecule has 36 heavy (non-hydrogen) atoms. The van der Waals surface area contributed by atoms with E-state index >= 15 is 0 Å². The van der Waals surface area contributed by atoms with Crippen molar-refractivity contribution in [2.45, 2.75) is 32.8 Å². The van der Waals surface area contributed by atoms with E-state index in [4.69, 9.17) is 14.4 Å². The Labute approximate surface area is 214 Å². The molecule has 0 radical (unpaired) electrons. The second-order valence-electron chi connectivity index (χ2n) is 8.85. The van der Waals surface area contributed by atoms with Gasteiger partial charge in [-0.1, -0.05) is 0 Å². The van der Waals surface area contributed by atoms with Crippen LogP contribution in [0.1, 0.15) is 36.0 Å². The summed E-state index contributed by atoms with van der Waals surface area (Å²) in [7, 11) is 1.55. The first-order valence-corrected chi connectivity index (χ1v) is 12.5. The van der Waals surface area contributed by atoms with Gasteiger partial charge in [-0.2, -0.15) is 0 Å². The van der Waals surface area contributed by atoms with E-state index in [-0.39, 0.29) is 12.3 Å². The minimum absolute atomic E-state index is 0.0701. The quantitative estimate of drug-likeness (QED) is 0.229. The summed E-state index contributed by atoms with van der Waals surface area (Å²) in [6.07, 6.45) is -0.477. The van der Waals surface area contributed by atoms with Crippen LogP contribution in [0.15, 0.2) is 46.2 Å². The van der Waals surface area contributed by atoms with E-state index < -0.39 is 17.6 Å². The molecule has 0 atom stereocenters. The lowest BCUT2D eigenvalue weighted by Crippen LogP contribution is -2.33. The van der Waals surface area contributed by atoms with Crippen molar-refractivity contribution in [3.63, 3.8) is 0 Å². The fraction of sp³-hybridized carbons (Fsp3) is 0.250. The molecule has 0 fully saturated rings. The highest BCUT2D eigenvalue weighted by atomic mass is 32.1. The lowest BCUT2D eigenvalue weighted by Gasteiger charge is -2.23. The highest BCUT2D eigenvalue weighted by Gasteiger charge is 2.23. The average Bonchev–Trinajstić information content (AvgIpc) is 3.56. The van der Waals surface area contributed by atoms with Crippen molar-refractivity contribution < 1.29 is 28.7 Å². The first kappa shape index (κ1) is 25.4. The maximum atomic E-state index is 12.8. The van der Waals surface area contributed by atoms with Crippen LogP contribution in [0.4, 0.5) is 15.8 Å². The highest BCUT2D eigenvalue weighted by Crippen LogP contribution is 2.32. The summed E-state index contributed by atoms with van der Waals surface area (Å²) in [4.78, 5) is 43.9. The van der Waals surface area contributed by atoms with E-state index in [0.29, 0.717) is 33.2 Å². The van der Waals surface area contributed by atoms with Gasteiger partial charge >= 0.3 is 6.09 Å². The van der Waals surface area contributed by atoms with E-state index in [0.717, 1.165) is 9.75 Å². The number of benzene rings is 1. The smallest absolute Gasteiger partial charge is 0.416 e. The summed E-state index contributed by atoms with van der Waals surface area (Å²) in [5.41, 5.74) is 2.58. The Kier molecular flexibility index (Phi) is 7.11. The minimum Gasteiger partial charge on any atom is -0.443 e. The largest absolute Gasteiger partial charge is 0.443 e. The lowest BCUT2D eigenvalue weighted by molar-refractivity contribution is -0.128. The Morgan fingerprint density at radius 1 is 1.17 bits per heavy atom. The first-order chi connectivity index (χ1) is 17.0. The number of nitrogens with one attached hydrogen (secondary N) is 2. The number of thiazole rings is 1. The molecule has 3 N–H and O–H groups in total. The maximum Gasteiger partial charge on any atom is 0.416 e. The van der Waals surface area contributed by atoms with Crippen LogP contribution in [0, 0.1) is 0 Å². The summed E-state index contributed by atoms with van der Waals surface area (Å²) in [5.74, 6) is -0.534.